The molecule has 0 radical (unpaired) electrons. The number of thiophene rings is 1. The van der Waals surface area contributed by atoms with Crippen molar-refractivity contribution in [2.45, 2.75) is 0 Å². The summed E-state index contributed by atoms with van der Waals surface area (Å²) in [6, 6.07) is 8.39. The molecule has 0 bridgehead atoms. The molecule has 112 valence electrons. The number of hydrogen-bond acceptors (Lipinski definition) is 5. The van der Waals surface area contributed by atoms with E-state index in [2.05, 4.69) is 10.3 Å². The number of aromatic hydroxyl groups is 1. The Morgan fingerprint density at radius 1 is 1.36 bits per heavy atom. The van der Waals surface area contributed by atoms with Crippen molar-refractivity contribution in [3.63, 3.8) is 0 Å². The summed E-state index contributed by atoms with van der Waals surface area (Å²) in [5.74, 6) is -0.416. The van der Waals surface area contributed by atoms with Gasteiger partial charge < -0.3 is 20.1 Å². The second-order valence-electron chi connectivity index (χ2n) is 4.53. The standard InChI is InChI=1S/C15H12N2O4S/c1-21-9-4-2-3-8(7-9)16-14(19)11-12(18)13-10(5-6-22-13)17-15(11)20/h2-7H,1H3,(H,16,19)(H2,17,18,20). The predicted octanol–water partition coefficient (Wildman–Crippen LogP) is 2.56. The average Bonchev–Trinajstić information content (AvgIpc) is 2.96. The van der Waals surface area contributed by atoms with E-state index in [4.69, 9.17) is 4.74 Å². The van der Waals surface area contributed by atoms with Crippen molar-refractivity contribution in [1.29, 1.82) is 0 Å². The minimum absolute atomic E-state index is 0.308. The number of aromatic nitrogens is 1. The van der Waals surface area contributed by atoms with Crippen LogP contribution in [0.15, 0.2) is 40.5 Å². The molecule has 3 rings (SSSR count). The molecule has 0 aliphatic heterocycles. The fourth-order valence-electron chi connectivity index (χ4n) is 2.10. The van der Waals surface area contributed by atoms with Crippen LogP contribution in [0.1, 0.15) is 10.4 Å². The molecule has 2 aromatic heterocycles. The van der Waals surface area contributed by atoms with Crippen LogP contribution in [0.4, 0.5) is 5.69 Å². The van der Waals surface area contributed by atoms with E-state index >= 15 is 0 Å². The number of benzene rings is 1. The number of pyridine rings is 1. The first-order valence-electron chi connectivity index (χ1n) is 6.38. The monoisotopic (exact) mass is 316 g/mol. The van der Waals surface area contributed by atoms with E-state index in [1.807, 2.05) is 0 Å². The summed E-state index contributed by atoms with van der Waals surface area (Å²) in [4.78, 5) is 26.9. The van der Waals surface area contributed by atoms with Gasteiger partial charge in [0.25, 0.3) is 11.5 Å². The summed E-state index contributed by atoms with van der Waals surface area (Å²) in [5.41, 5.74) is 0.0291. The van der Waals surface area contributed by atoms with Gasteiger partial charge in [0.05, 0.1) is 17.3 Å². The number of H-pyrrole nitrogens is 1. The zero-order valence-corrected chi connectivity index (χ0v) is 12.4. The Labute approximate surface area is 129 Å². The summed E-state index contributed by atoms with van der Waals surface area (Å²) < 4.78 is 5.54. The van der Waals surface area contributed by atoms with Gasteiger partial charge in [-0.15, -0.1) is 11.3 Å². The highest BCUT2D eigenvalue weighted by molar-refractivity contribution is 7.17. The SMILES string of the molecule is COc1cccc(NC(=O)c2c(O)c3sccc3[nH]c2=O)c1. The van der Waals surface area contributed by atoms with Crippen LogP contribution in [0, 0.1) is 0 Å². The lowest BCUT2D eigenvalue weighted by Crippen LogP contribution is -2.23. The summed E-state index contributed by atoms with van der Waals surface area (Å²) in [6.07, 6.45) is 0. The lowest BCUT2D eigenvalue weighted by atomic mass is 10.2. The molecule has 0 fully saturated rings. The third-order valence-corrected chi connectivity index (χ3v) is 4.07. The number of rotatable bonds is 3. The Morgan fingerprint density at radius 3 is 2.95 bits per heavy atom. The van der Waals surface area contributed by atoms with Gasteiger partial charge in [-0.2, -0.15) is 0 Å². The normalized spacial score (nSPS) is 10.6. The van der Waals surface area contributed by atoms with Gasteiger partial charge in [-0.1, -0.05) is 6.07 Å². The van der Waals surface area contributed by atoms with Gasteiger partial charge in [-0.25, -0.2) is 0 Å². The molecule has 0 atom stereocenters. The second-order valence-corrected chi connectivity index (χ2v) is 5.44. The number of fused-ring (bicyclic) bond motifs is 1. The molecule has 0 spiro atoms. The minimum Gasteiger partial charge on any atom is -0.505 e. The Balaban J connectivity index is 2.00. The fourth-order valence-corrected chi connectivity index (χ4v) is 2.90. The summed E-state index contributed by atoms with van der Waals surface area (Å²) in [6.45, 7) is 0. The average molecular weight is 316 g/mol. The number of methoxy groups -OCH3 is 1. The number of carbonyl (C=O) groups excluding carboxylic acids is 1. The largest absolute Gasteiger partial charge is 0.505 e. The van der Waals surface area contributed by atoms with Gasteiger partial charge in [0, 0.05) is 11.8 Å². The Kier molecular flexibility index (Phi) is 3.56. The van der Waals surface area contributed by atoms with Crippen molar-refractivity contribution in [1.82, 2.24) is 4.98 Å². The van der Waals surface area contributed by atoms with E-state index in [9.17, 15) is 14.7 Å². The summed E-state index contributed by atoms with van der Waals surface area (Å²) in [5, 5.41) is 14.5. The first-order valence-corrected chi connectivity index (χ1v) is 7.26. The number of amides is 1. The zero-order valence-electron chi connectivity index (χ0n) is 11.5. The molecule has 3 aromatic rings. The van der Waals surface area contributed by atoms with Gasteiger partial charge in [-0.05, 0) is 23.6 Å². The molecule has 0 saturated heterocycles. The number of hydrogen-bond donors (Lipinski definition) is 3. The highest BCUT2D eigenvalue weighted by atomic mass is 32.1. The van der Waals surface area contributed by atoms with E-state index in [-0.39, 0.29) is 11.3 Å². The lowest BCUT2D eigenvalue weighted by Gasteiger charge is -2.08. The molecule has 22 heavy (non-hydrogen) atoms. The molecule has 1 amide bonds. The van der Waals surface area contributed by atoms with E-state index in [0.29, 0.717) is 21.7 Å². The van der Waals surface area contributed by atoms with Crippen molar-refractivity contribution < 1.29 is 14.6 Å². The van der Waals surface area contributed by atoms with E-state index in [1.54, 1.807) is 35.7 Å². The highest BCUT2D eigenvalue weighted by Gasteiger charge is 2.20. The molecule has 1 aromatic carbocycles. The van der Waals surface area contributed by atoms with Crippen LogP contribution < -0.4 is 15.6 Å². The van der Waals surface area contributed by atoms with Crippen LogP contribution in [0.2, 0.25) is 0 Å². The van der Waals surface area contributed by atoms with Crippen LogP contribution in [-0.2, 0) is 0 Å². The Bertz CT molecular complexity index is 913. The summed E-state index contributed by atoms with van der Waals surface area (Å²) >= 11 is 1.25. The number of aromatic amines is 1. The van der Waals surface area contributed by atoms with Crippen molar-refractivity contribution in [3.8, 4) is 11.5 Å². The van der Waals surface area contributed by atoms with Crippen molar-refractivity contribution in [2.24, 2.45) is 0 Å². The predicted molar refractivity (Wildman–Crippen MR) is 85.1 cm³/mol. The molecule has 0 saturated carbocycles. The third kappa shape index (κ3) is 2.42. The van der Waals surface area contributed by atoms with Crippen LogP contribution in [0.3, 0.4) is 0 Å². The first-order chi connectivity index (χ1) is 10.6. The van der Waals surface area contributed by atoms with Gasteiger partial charge in [0.2, 0.25) is 0 Å². The van der Waals surface area contributed by atoms with E-state index in [0.717, 1.165) is 0 Å². The smallest absolute Gasteiger partial charge is 0.265 e. The molecule has 2 heterocycles. The molecule has 0 aliphatic carbocycles. The molecule has 0 aliphatic rings. The fraction of sp³-hybridized carbons (Fsp3) is 0.0667. The number of anilines is 1. The highest BCUT2D eigenvalue weighted by Crippen LogP contribution is 2.30. The van der Waals surface area contributed by atoms with Crippen molar-refractivity contribution in [2.75, 3.05) is 12.4 Å². The zero-order chi connectivity index (χ0) is 15.7. The van der Waals surface area contributed by atoms with Crippen molar-refractivity contribution in [3.05, 3.63) is 51.6 Å². The maximum Gasteiger partial charge on any atom is 0.265 e. The van der Waals surface area contributed by atoms with Crippen LogP contribution in [-0.4, -0.2) is 23.1 Å². The summed E-state index contributed by atoms with van der Waals surface area (Å²) in [7, 11) is 1.52. The van der Waals surface area contributed by atoms with Gasteiger partial charge in [-0.3, -0.25) is 9.59 Å². The van der Waals surface area contributed by atoms with Gasteiger partial charge in [0.1, 0.15) is 11.3 Å². The van der Waals surface area contributed by atoms with Crippen LogP contribution in [0.25, 0.3) is 10.2 Å². The lowest BCUT2D eigenvalue weighted by molar-refractivity contribution is 0.102. The van der Waals surface area contributed by atoms with Gasteiger partial charge in [0.15, 0.2) is 5.75 Å². The quantitative estimate of drug-likeness (QED) is 0.692. The number of nitrogens with one attached hydrogen (secondary N) is 2. The molecule has 3 N–H and O–H groups in total. The van der Waals surface area contributed by atoms with Crippen molar-refractivity contribution >= 4 is 33.1 Å². The number of carbonyl (C=O) groups is 1. The Morgan fingerprint density at radius 2 is 2.18 bits per heavy atom. The topological polar surface area (TPSA) is 91.4 Å². The second kappa shape index (κ2) is 5.53. The first kappa shape index (κ1) is 14.2. The van der Waals surface area contributed by atoms with Gasteiger partial charge >= 0.3 is 0 Å². The minimum atomic E-state index is -0.678. The maximum atomic E-state index is 12.3. The Hall–Kier alpha value is -2.80. The molecular weight excluding hydrogens is 304 g/mol. The molecule has 7 heteroatoms. The molecule has 6 nitrogen and oxygen atoms in total. The molecular formula is C15H12N2O4S. The molecule has 0 unspecified atom stereocenters. The maximum absolute atomic E-state index is 12.3. The van der Waals surface area contributed by atoms with Crippen LogP contribution >= 0.6 is 11.3 Å². The van der Waals surface area contributed by atoms with E-state index in [1.165, 1.54) is 18.4 Å². The third-order valence-electron chi connectivity index (χ3n) is 3.15. The van der Waals surface area contributed by atoms with Crippen LogP contribution in [0.5, 0.6) is 11.5 Å². The number of ether oxygens (including phenoxy) is 1. The van der Waals surface area contributed by atoms with E-state index < -0.39 is 11.5 Å².